The van der Waals surface area contributed by atoms with Crippen LogP contribution < -0.4 is 4.74 Å². The van der Waals surface area contributed by atoms with E-state index >= 15 is 0 Å². The molecule has 0 saturated heterocycles. The Hall–Kier alpha value is -6.17. The number of benzene rings is 1. The first kappa shape index (κ1) is 26.9. The lowest BCUT2D eigenvalue weighted by Gasteiger charge is -1.98. The molecular formula is C28H22N2O5. The van der Waals surface area contributed by atoms with Crippen LogP contribution in [0.3, 0.4) is 0 Å². The average Bonchev–Trinajstić information content (AvgIpc) is 3.43. The van der Waals surface area contributed by atoms with E-state index in [9.17, 15) is 4.79 Å². The number of nitrogens with one attached hydrogen (secondary N) is 1. The van der Waals surface area contributed by atoms with E-state index in [0.717, 1.165) is 11.3 Å². The number of hydrogen-bond donors (Lipinski definition) is 2. The Morgan fingerprint density at radius 3 is 1.97 bits per heavy atom. The first-order valence-corrected chi connectivity index (χ1v) is 9.31. The van der Waals surface area contributed by atoms with Crippen LogP contribution in [0.25, 0.3) is 6.08 Å². The van der Waals surface area contributed by atoms with Crippen LogP contribution in [0.5, 0.6) is 5.75 Å². The summed E-state index contributed by atoms with van der Waals surface area (Å²) in [4.78, 5) is 23.4. The van der Waals surface area contributed by atoms with Gasteiger partial charge in [-0.15, -0.1) is 23.0 Å². The Kier molecular flexibility index (Phi) is 12.0. The van der Waals surface area contributed by atoms with Crippen LogP contribution in [0.1, 0.15) is 27.3 Å². The summed E-state index contributed by atoms with van der Waals surface area (Å²) in [6.07, 6.45) is 13.2. The van der Waals surface area contributed by atoms with E-state index in [0.29, 0.717) is 17.1 Å². The molecule has 0 fully saturated rings. The van der Waals surface area contributed by atoms with Crippen LogP contribution in [0.2, 0.25) is 0 Å². The fourth-order valence-electron chi connectivity index (χ4n) is 2.19. The van der Waals surface area contributed by atoms with Gasteiger partial charge in [0.15, 0.2) is 5.76 Å². The van der Waals surface area contributed by atoms with Gasteiger partial charge >= 0.3 is 0 Å². The predicted octanol–water partition coefficient (Wildman–Crippen LogP) is 3.85. The van der Waals surface area contributed by atoms with Gasteiger partial charge in [0.2, 0.25) is 5.78 Å². The number of hydrogen-bond acceptors (Lipinski definition) is 4. The molecule has 2 heterocycles. The Balaban J connectivity index is -0.000000257. The highest BCUT2D eigenvalue weighted by Crippen LogP contribution is 2.32. The van der Waals surface area contributed by atoms with Crippen LogP contribution in [0.4, 0.5) is 0 Å². The lowest BCUT2D eigenvalue weighted by atomic mass is 10.1. The SMILES string of the molecule is C#CC#CC#CC#CC#CC#CC#C.Cc1ccc2c(c1)O/C(=C\c1ccc[nH]1)C2=O.O=[N+]([O-])O.[HH].[HH].[HH].[HH]. The van der Waals surface area contributed by atoms with E-state index in [4.69, 9.17) is 32.9 Å². The first-order valence-electron chi connectivity index (χ1n) is 9.31. The molecule has 174 valence electrons. The molecule has 0 atom stereocenters. The van der Waals surface area contributed by atoms with Gasteiger partial charge < -0.3 is 14.9 Å². The summed E-state index contributed by atoms with van der Waals surface area (Å²) in [7, 11) is 0. The maximum absolute atomic E-state index is 12.0. The Morgan fingerprint density at radius 2 is 1.51 bits per heavy atom. The number of ether oxygens (including phenoxy) is 1. The van der Waals surface area contributed by atoms with Gasteiger partial charge in [0.1, 0.15) is 5.75 Å². The van der Waals surface area contributed by atoms with Crippen molar-refractivity contribution in [3.8, 4) is 89.6 Å². The molecule has 0 spiro atoms. The third-order valence-corrected chi connectivity index (χ3v) is 3.44. The maximum Gasteiger partial charge on any atom is 0.291 e. The molecule has 2 N–H and O–H groups in total. The van der Waals surface area contributed by atoms with Gasteiger partial charge in [-0.1, -0.05) is 6.07 Å². The molecule has 7 heteroatoms. The van der Waals surface area contributed by atoms with Gasteiger partial charge in [-0.3, -0.25) is 4.79 Å². The van der Waals surface area contributed by atoms with E-state index in [1.54, 1.807) is 6.08 Å². The van der Waals surface area contributed by atoms with Crippen LogP contribution in [-0.4, -0.2) is 21.1 Å². The Morgan fingerprint density at radius 1 is 1.00 bits per heavy atom. The highest BCUT2D eigenvalue weighted by molar-refractivity contribution is 6.14. The molecule has 0 radical (unpaired) electrons. The number of nitrogens with zero attached hydrogens (tertiary/aromatic N) is 1. The minimum absolute atomic E-state index is 0. The van der Waals surface area contributed by atoms with Crippen molar-refractivity contribution in [1.29, 1.82) is 0 Å². The Labute approximate surface area is 208 Å². The zero-order valence-corrected chi connectivity index (χ0v) is 18.2. The largest absolute Gasteiger partial charge is 0.452 e. The number of ketones is 1. The van der Waals surface area contributed by atoms with Gasteiger partial charge in [0.05, 0.1) is 5.56 Å². The van der Waals surface area contributed by atoms with E-state index in [-0.39, 0.29) is 11.5 Å². The number of Topliss-reactive ketones (excluding diaryl/α,β-unsaturated/α-hetero) is 1. The molecule has 35 heavy (non-hydrogen) atoms. The molecule has 0 amide bonds. The summed E-state index contributed by atoms with van der Waals surface area (Å²) in [6.45, 7) is 1.97. The molecule has 1 aliphatic heterocycles. The van der Waals surface area contributed by atoms with Crippen molar-refractivity contribution in [2.45, 2.75) is 6.92 Å². The fourth-order valence-corrected chi connectivity index (χ4v) is 2.19. The van der Waals surface area contributed by atoms with Crippen molar-refractivity contribution >= 4 is 11.9 Å². The lowest BCUT2D eigenvalue weighted by Crippen LogP contribution is -1.97. The monoisotopic (exact) mass is 466 g/mol. The number of carbonyl (C=O) groups is 1. The van der Waals surface area contributed by atoms with E-state index in [1.165, 1.54) is 0 Å². The molecule has 1 aromatic heterocycles. The molecule has 0 unspecified atom stereocenters. The van der Waals surface area contributed by atoms with Crippen LogP contribution in [0.15, 0.2) is 42.3 Å². The number of allylic oxidation sites excluding steroid dienone is 1. The standard InChI is InChI=1S/C14H11NO2.C14H2.HNO3.4H2/c1-9-4-5-11-12(7-9)17-13(14(11)16)8-10-3-2-6-15-10;1-3-5-7-9-11-13-14-12-10-8-6-4-2;2-1(3)4;;;;/h2-8,15H,1H3;1-2H;(H,2,3,4);4*1H/b13-8-;;;;;;. The number of fused-ring (bicyclic) bond motifs is 1. The van der Waals surface area contributed by atoms with E-state index in [1.807, 2.05) is 43.5 Å². The minimum Gasteiger partial charge on any atom is -0.452 e. The van der Waals surface area contributed by atoms with Crippen molar-refractivity contribution in [3.63, 3.8) is 0 Å². The van der Waals surface area contributed by atoms with Crippen molar-refractivity contribution in [1.82, 2.24) is 4.98 Å². The summed E-state index contributed by atoms with van der Waals surface area (Å²) in [5, 5.41) is 13.6. The second kappa shape index (κ2) is 15.6. The van der Waals surface area contributed by atoms with E-state index in [2.05, 4.69) is 76.0 Å². The van der Waals surface area contributed by atoms with Gasteiger partial charge in [-0.05, 0) is 108 Å². The molecule has 3 rings (SSSR count). The zero-order chi connectivity index (χ0) is 25.9. The average molecular weight is 466 g/mol. The number of aromatic amines is 1. The lowest BCUT2D eigenvalue weighted by molar-refractivity contribution is -0.742. The van der Waals surface area contributed by atoms with Gasteiger partial charge in [-0.2, -0.15) is 0 Å². The quantitative estimate of drug-likeness (QED) is 0.288. The molecule has 0 saturated carbocycles. The predicted molar refractivity (Wildman–Crippen MR) is 139 cm³/mol. The second-order valence-electron chi connectivity index (χ2n) is 5.84. The summed E-state index contributed by atoms with van der Waals surface area (Å²) in [6, 6.07) is 9.37. The van der Waals surface area contributed by atoms with Crippen molar-refractivity contribution in [2.75, 3.05) is 0 Å². The van der Waals surface area contributed by atoms with Gasteiger partial charge in [0.25, 0.3) is 5.09 Å². The van der Waals surface area contributed by atoms with Crippen LogP contribution in [0, 0.1) is 101 Å². The van der Waals surface area contributed by atoms with Gasteiger partial charge in [0, 0.05) is 23.7 Å². The van der Waals surface area contributed by atoms with Crippen molar-refractivity contribution in [2.24, 2.45) is 0 Å². The third-order valence-electron chi connectivity index (χ3n) is 3.44. The van der Waals surface area contributed by atoms with Gasteiger partial charge in [-0.25, -0.2) is 0 Å². The molecule has 0 bridgehead atoms. The number of terminal acetylenes is 2. The van der Waals surface area contributed by atoms with Crippen molar-refractivity contribution < 1.29 is 25.5 Å². The third kappa shape index (κ3) is 11.1. The molecule has 0 aliphatic carbocycles. The number of rotatable bonds is 1. The number of carbonyl (C=O) groups excluding carboxylic acids is 1. The first-order chi connectivity index (χ1) is 16.9. The van der Waals surface area contributed by atoms with E-state index < -0.39 is 5.09 Å². The maximum atomic E-state index is 12.0. The van der Waals surface area contributed by atoms with Crippen molar-refractivity contribution in [3.05, 3.63) is 69.2 Å². The summed E-state index contributed by atoms with van der Waals surface area (Å²) >= 11 is 0. The van der Waals surface area contributed by atoms with Crippen LogP contribution in [-0.2, 0) is 0 Å². The smallest absolute Gasteiger partial charge is 0.291 e. The molecule has 1 aliphatic rings. The summed E-state index contributed by atoms with van der Waals surface area (Å²) in [5.41, 5.74) is 2.57. The highest BCUT2D eigenvalue weighted by atomic mass is 16.9. The molecule has 1 aromatic carbocycles. The molecule has 2 aromatic rings. The normalized spacial score (nSPS) is 9.91. The fraction of sp³-hybridized carbons (Fsp3) is 0.0357. The number of aryl methyl sites for hydroxylation is 1. The summed E-state index contributed by atoms with van der Waals surface area (Å²) < 4.78 is 5.56. The molecule has 7 nitrogen and oxygen atoms in total. The highest BCUT2D eigenvalue weighted by Gasteiger charge is 2.27. The molecular weight excluding hydrogens is 444 g/mol. The zero-order valence-electron chi connectivity index (χ0n) is 18.2. The number of aromatic nitrogens is 1. The summed E-state index contributed by atoms with van der Waals surface area (Å²) in [5.74, 6) is 29.2. The topological polar surface area (TPSA) is 105 Å². The number of H-pyrrole nitrogens is 1. The second-order valence-corrected chi connectivity index (χ2v) is 5.84. The minimum atomic E-state index is -1.50. The Bertz CT molecular complexity index is 1480. The van der Waals surface area contributed by atoms with Crippen LogP contribution >= 0.6 is 0 Å².